The van der Waals surface area contributed by atoms with Gasteiger partial charge in [-0.1, -0.05) is 0 Å². The summed E-state index contributed by atoms with van der Waals surface area (Å²) in [7, 11) is 3.50. The maximum atomic E-state index is 6.18. The van der Waals surface area contributed by atoms with E-state index >= 15 is 0 Å². The summed E-state index contributed by atoms with van der Waals surface area (Å²) >= 11 is 0. The summed E-state index contributed by atoms with van der Waals surface area (Å²) in [6, 6.07) is 3.74. The molecular formula is C13H15N5O. The maximum Gasteiger partial charge on any atom is 0.181 e. The topological polar surface area (TPSA) is 70.4 Å². The number of hydrogen-bond acceptors (Lipinski definition) is 4. The number of rotatable bonds is 2. The molecule has 0 bridgehead atoms. The minimum Gasteiger partial charge on any atom is -0.493 e. The molecule has 19 heavy (non-hydrogen) atoms. The monoisotopic (exact) mass is 257 g/mol. The van der Waals surface area contributed by atoms with Gasteiger partial charge in [0.2, 0.25) is 0 Å². The van der Waals surface area contributed by atoms with Gasteiger partial charge in [0, 0.05) is 25.0 Å². The third-order valence-electron chi connectivity index (χ3n) is 3.14. The third kappa shape index (κ3) is 1.64. The Bertz CT molecular complexity index is 756. The highest BCUT2D eigenvalue weighted by molar-refractivity contribution is 5.77. The van der Waals surface area contributed by atoms with Gasteiger partial charge in [0.15, 0.2) is 11.4 Å². The second kappa shape index (κ2) is 4.01. The standard InChI is InChI=1S/C13H15N5O/c1-8-9(7-17(2)16-8)11-12(14)18-6-4-5-10(19-3)13(18)15-11/h4-7H,14H2,1-3H3. The maximum absolute atomic E-state index is 6.18. The molecule has 0 atom stereocenters. The lowest BCUT2D eigenvalue weighted by molar-refractivity contribution is 0.417. The van der Waals surface area contributed by atoms with Crippen LogP contribution < -0.4 is 10.5 Å². The lowest BCUT2D eigenvalue weighted by Crippen LogP contribution is -1.95. The first-order valence-electron chi connectivity index (χ1n) is 5.93. The van der Waals surface area contributed by atoms with Crippen molar-refractivity contribution >= 4 is 11.5 Å². The number of nitrogens with two attached hydrogens (primary N) is 1. The Morgan fingerprint density at radius 2 is 2.16 bits per heavy atom. The van der Waals surface area contributed by atoms with E-state index in [1.165, 1.54) is 0 Å². The molecular weight excluding hydrogens is 242 g/mol. The highest BCUT2D eigenvalue weighted by Gasteiger charge is 2.17. The predicted octanol–water partition coefficient (Wildman–Crippen LogP) is 1.63. The smallest absolute Gasteiger partial charge is 0.181 e. The quantitative estimate of drug-likeness (QED) is 0.757. The fourth-order valence-electron chi connectivity index (χ4n) is 2.25. The van der Waals surface area contributed by atoms with Gasteiger partial charge in [-0.25, -0.2) is 4.98 Å². The first kappa shape index (κ1) is 11.6. The molecule has 98 valence electrons. The number of aromatic nitrogens is 4. The number of fused-ring (bicyclic) bond motifs is 1. The van der Waals surface area contributed by atoms with Crippen LogP contribution >= 0.6 is 0 Å². The SMILES string of the molecule is COc1cccn2c(N)c(-c3cn(C)nc3C)nc12. The van der Waals surface area contributed by atoms with Crippen molar-refractivity contribution in [2.75, 3.05) is 12.8 Å². The van der Waals surface area contributed by atoms with Crippen molar-refractivity contribution in [1.29, 1.82) is 0 Å². The van der Waals surface area contributed by atoms with Crippen molar-refractivity contribution < 1.29 is 4.74 Å². The molecule has 2 N–H and O–H groups in total. The second-order valence-electron chi connectivity index (χ2n) is 4.42. The molecule has 0 aliphatic heterocycles. The van der Waals surface area contributed by atoms with Crippen LogP contribution in [-0.4, -0.2) is 26.3 Å². The number of aryl methyl sites for hydroxylation is 2. The zero-order chi connectivity index (χ0) is 13.6. The van der Waals surface area contributed by atoms with Crippen molar-refractivity contribution in [1.82, 2.24) is 19.2 Å². The number of pyridine rings is 1. The van der Waals surface area contributed by atoms with E-state index in [2.05, 4.69) is 10.1 Å². The zero-order valence-electron chi connectivity index (χ0n) is 11.1. The lowest BCUT2D eigenvalue weighted by Gasteiger charge is -2.01. The summed E-state index contributed by atoms with van der Waals surface area (Å²) < 4.78 is 8.88. The molecule has 0 saturated carbocycles. The first-order valence-corrected chi connectivity index (χ1v) is 5.93. The van der Waals surface area contributed by atoms with Gasteiger partial charge in [-0.2, -0.15) is 5.10 Å². The summed E-state index contributed by atoms with van der Waals surface area (Å²) in [4.78, 5) is 4.59. The Balaban J connectivity index is 2.31. The van der Waals surface area contributed by atoms with Gasteiger partial charge in [0.05, 0.1) is 12.8 Å². The molecule has 0 spiro atoms. The van der Waals surface area contributed by atoms with Crippen LogP contribution in [-0.2, 0) is 7.05 Å². The van der Waals surface area contributed by atoms with Crippen LogP contribution in [0.2, 0.25) is 0 Å². The van der Waals surface area contributed by atoms with Crippen molar-refractivity contribution in [2.24, 2.45) is 7.05 Å². The van der Waals surface area contributed by atoms with Gasteiger partial charge in [-0.15, -0.1) is 0 Å². The molecule has 0 amide bonds. The highest BCUT2D eigenvalue weighted by atomic mass is 16.5. The molecule has 0 aromatic carbocycles. The lowest BCUT2D eigenvalue weighted by atomic mass is 10.2. The molecule has 3 aromatic rings. The molecule has 0 aliphatic rings. The first-order chi connectivity index (χ1) is 9.11. The van der Waals surface area contributed by atoms with E-state index in [1.54, 1.807) is 11.8 Å². The molecule has 0 saturated heterocycles. The van der Waals surface area contributed by atoms with Gasteiger partial charge in [-0.3, -0.25) is 9.08 Å². The summed E-state index contributed by atoms with van der Waals surface area (Å²) in [5, 5.41) is 4.32. The zero-order valence-corrected chi connectivity index (χ0v) is 11.1. The van der Waals surface area contributed by atoms with Crippen molar-refractivity contribution in [3.05, 3.63) is 30.2 Å². The Morgan fingerprint density at radius 3 is 2.79 bits per heavy atom. The predicted molar refractivity (Wildman–Crippen MR) is 73.1 cm³/mol. The Morgan fingerprint density at radius 1 is 1.37 bits per heavy atom. The van der Waals surface area contributed by atoms with Crippen LogP contribution in [0.25, 0.3) is 16.9 Å². The summed E-state index contributed by atoms with van der Waals surface area (Å²) in [5.41, 5.74) is 9.46. The van der Waals surface area contributed by atoms with Crippen LogP contribution in [0.5, 0.6) is 5.75 Å². The number of imidazole rings is 1. The Hall–Kier alpha value is -2.50. The van der Waals surface area contributed by atoms with E-state index in [0.29, 0.717) is 17.2 Å². The number of anilines is 1. The molecule has 0 fully saturated rings. The van der Waals surface area contributed by atoms with Crippen LogP contribution in [0.1, 0.15) is 5.69 Å². The van der Waals surface area contributed by atoms with Gasteiger partial charge in [0.25, 0.3) is 0 Å². The van der Waals surface area contributed by atoms with Crippen LogP contribution in [0.4, 0.5) is 5.82 Å². The minimum absolute atomic E-state index is 0.588. The van der Waals surface area contributed by atoms with E-state index in [9.17, 15) is 0 Å². The van der Waals surface area contributed by atoms with E-state index < -0.39 is 0 Å². The van der Waals surface area contributed by atoms with Gasteiger partial charge in [-0.05, 0) is 19.1 Å². The van der Waals surface area contributed by atoms with Gasteiger partial charge in [0.1, 0.15) is 11.5 Å². The highest BCUT2D eigenvalue weighted by Crippen LogP contribution is 2.31. The van der Waals surface area contributed by atoms with Crippen LogP contribution in [0.15, 0.2) is 24.5 Å². The van der Waals surface area contributed by atoms with E-state index in [4.69, 9.17) is 10.5 Å². The van der Waals surface area contributed by atoms with Crippen molar-refractivity contribution in [3.8, 4) is 17.0 Å². The Kier molecular flexibility index (Phi) is 2.45. The molecule has 6 heteroatoms. The van der Waals surface area contributed by atoms with Gasteiger partial charge >= 0.3 is 0 Å². The summed E-state index contributed by atoms with van der Waals surface area (Å²) in [6.07, 6.45) is 3.79. The number of methoxy groups -OCH3 is 1. The van der Waals surface area contributed by atoms with Gasteiger partial charge < -0.3 is 10.5 Å². The normalized spacial score (nSPS) is 11.1. The van der Waals surface area contributed by atoms with Crippen LogP contribution in [0.3, 0.4) is 0 Å². The Labute approximate surface area is 110 Å². The van der Waals surface area contributed by atoms with E-state index in [-0.39, 0.29) is 0 Å². The fourth-order valence-corrected chi connectivity index (χ4v) is 2.25. The molecule has 0 radical (unpaired) electrons. The van der Waals surface area contributed by atoms with Crippen molar-refractivity contribution in [2.45, 2.75) is 6.92 Å². The number of nitrogens with zero attached hydrogens (tertiary/aromatic N) is 4. The number of nitrogen functional groups attached to an aromatic ring is 1. The number of ether oxygens (including phenoxy) is 1. The van der Waals surface area contributed by atoms with Crippen LogP contribution in [0, 0.1) is 6.92 Å². The molecule has 3 heterocycles. The third-order valence-corrected chi connectivity index (χ3v) is 3.14. The average molecular weight is 257 g/mol. The largest absolute Gasteiger partial charge is 0.493 e. The molecule has 3 aromatic heterocycles. The van der Waals surface area contributed by atoms with Crippen molar-refractivity contribution in [3.63, 3.8) is 0 Å². The molecule has 0 unspecified atom stereocenters. The molecule has 0 aliphatic carbocycles. The summed E-state index contributed by atoms with van der Waals surface area (Å²) in [5.74, 6) is 1.28. The molecule has 3 rings (SSSR count). The van der Waals surface area contributed by atoms with E-state index in [1.807, 2.05) is 42.9 Å². The minimum atomic E-state index is 0.588. The van der Waals surface area contributed by atoms with E-state index in [0.717, 1.165) is 17.0 Å². The molecule has 6 nitrogen and oxygen atoms in total. The number of hydrogen-bond donors (Lipinski definition) is 1. The fraction of sp³-hybridized carbons (Fsp3) is 0.231. The average Bonchev–Trinajstić information content (AvgIpc) is 2.90. The summed E-state index contributed by atoms with van der Waals surface area (Å²) in [6.45, 7) is 1.94. The second-order valence-corrected chi connectivity index (χ2v) is 4.42.